The van der Waals surface area contributed by atoms with E-state index in [4.69, 9.17) is 0 Å². The van der Waals surface area contributed by atoms with E-state index in [0.29, 0.717) is 0 Å². The van der Waals surface area contributed by atoms with E-state index in [9.17, 15) is 21.6 Å². The fraction of sp³-hybridized carbons (Fsp3) is 0.391. The molecule has 1 amide bonds. The predicted molar refractivity (Wildman–Crippen MR) is 128 cm³/mol. The molecule has 0 spiro atoms. The van der Waals surface area contributed by atoms with Crippen molar-refractivity contribution in [2.45, 2.75) is 47.9 Å². The number of carbonyl (C=O) groups is 1. The molecular formula is C23H28N4O5S2. The minimum absolute atomic E-state index is 0.0470. The molecule has 0 unspecified atom stereocenters. The van der Waals surface area contributed by atoms with Gasteiger partial charge in [-0.25, -0.2) is 22.3 Å². The molecule has 1 aliphatic heterocycles. The highest BCUT2D eigenvalue weighted by Crippen LogP contribution is 2.25. The molecule has 1 aliphatic carbocycles. The second-order valence-electron chi connectivity index (χ2n) is 8.34. The van der Waals surface area contributed by atoms with Gasteiger partial charge in [-0.1, -0.05) is 42.8 Å². The molecule has 2 aliphatic rings. The van der Waals surface area contributed by atoms with E-state index in [1.165, 1.54) is 24.3 Å². The maximum Gasteiger partial charge on any atom is 0.259 e. The molecule has 1 heterocycles. The summed E-state index contributed by atoms with van der Waals surface area (Å²) in [6.07, 6.45) is 4.67. The molecule has 1 atom stereocenters. The van der Waals surface area contributed by atoms with Gasteiger partial charge in [0, 0.05) is 25.3 Å². The number of sulfonamides is 2. The average Bonchev–Trinajstić information content (AvgIpc) is 2.88. The minimum Gasteiger partial charge on any atom is -0.271 e. The third-order valence-corrected chi connectivity index (χ3v) is 9.88. The lowest BCUT2D eigenvalue weighted by atomic mass is 9.99. The zero-order chi connectivity index (χ0) is 24.2. The smallest absolute Gasteiger partial charge is 0.259 e. The second-order valence-corrected chi connectivity index (χ2v) is 12.2. The predicted octanol–water partition coefficient (Wildman–Crippen LogP) is 2.19. The first-order valence-corrected chi connectivity index (χ1v) is 14.2. The van der Waals surface area contributed by atoms with Crippen LogP contribution in [0.2, 0.25) is 0 Å². The minimum atomic E-state index is -4.03. The van der Waals surface area contributed by atoms with Gasteiger partial charge in [0.15, 0.2) is 0 Å². The zero-order valence-corrected chi connectivity index (χ0v) is 20.3. The van der Waals surface area contributed by atoms with Crippen LogP contribution in [0.3, 0.4) is 0 Å². The van der Waals surface area contributed by atoms with Crippen molar-refractivity contribution in [2.24, 2.45) is 5.10 Å². The molecule has 0 aromatic heterocycles. The Balaban J connectivity index is 1.63. The van der Waals surface area contributed by atoms with Crippen LogP contribution in [-0.2, 0) is 24.8 Å². The van der Waals surface area contributed by atoms with E-state index in [1.807, 2.05) is 0 Å². The third kappa shape index (κ3) is 5.22. The summed E-state index contributed by atoms with van der Waals surface area (Å²) < 4.78 is 55.4. The highest BCUT2D eigenvalue weighted by molar-refractivity contribution is 7.89. The van der Waals surface area contributed by atoms with Crippen LogP contribution < -0.4 is 5.43 Å². The van der Waals surface area contributed by atoms with Crippen LogP contribution in [0.4, 0.5) is 0 Å². The quantitative estimate of drug-likeness (QED) is 0.606. The molecule has 1 N–H and O–H groups in total. The van der Waals surface area contributed by atoms with E-state index in [2.05, 4.69) is 10.5 Å². The van der Waals surface area contributed by atoms with Crippen molar-refractivity contribution in [1.29, 1.82) is 0 Å². The Bertz CT molecular complexity index is 1240. The summed E-state index contributed by atoms with van der Waals surface area (Å²) in [6.45, 7) is -0.528. The number of carbonyl (C=O) groups excluding carboxylic acids is 1. The number of piperazine rings is 1. The van der Waals surface area contributed by atoms with Gasteiger partial charge in [-0.3, -0.25) is 4.79 Å². The van der Waals surface area contributed by atoms with E-state index >= 15 is 0 Å². The average molecular weight is 505 g/mol. The molecular weight excluding hydrogens is 476 g/mol. The Morgan fingerprint density at radius 2 is 1.35 bits per heavy atom. The summed E-state index contributed by atoms with van der Waals surface area (Å²) >= 11 is 0. The van der Waals surface area contributed by atoms with Crippen LogP contribution in [0.5, 0.6) is 0 Å². The molecule has 9 nitrogen and oxygen atoms in total. The Kier molecular flexibility index (Phi) is 7.46. The standard InChI is InChI=1S/C23H28N4O5S2/c28-23(25-24-19-10-4-1-5-11-19)22-18-26(33(29,30)20-12-6-2-7-13-20)16-17-27(22)34(31,32)21-14-8-3-9-15-21/h2-3,6-9,12-15,22H,1,4-5,10-11,16-18H2,(H,25,28)/t22-/m0/s1. The van der Waals surface area contributed by atoms with Crippen molar-refractivity contribution in [3.8, 4) is 0 Å². The van der Waals surface area contributed by atoms with Gasteiger partial charge in [0.1, 0.15) is 6.04 Å². The second kappa shape index (κ2) is 10.3. The molecule has 1 saturated carbocycles. The van der Waals surface area contributed by atoms with Crippen molar-refractivity contribution in [3.63, 3.8) is 0 Å². The number of nitrogens with one attached hydrogen (secondary N) is 1. The first kappa shape index (κ1) is 24.5. The number of hydrogen-bond acceptors (Lipinski definition) is 6. The summed E-state index contributed by atoms with van der Waals surface area (Å²) in [6, 6.07) is 14.5. The Hall–Kier alpha value is -2.60. The van der Waals surface area contributed by atoms with Gasteiger partial charge in [-0.2, -0.15) is 13.7 Å². The van der Waals surface area contributed by atoms with E-state index in [-0.39, 0.29) is 29.4 Å². The summed E-state index contributed by atoms with van der Waals surface area (Å²) in [4.78, 5) is 13.3. The lowest BCUT2D eigenvalue weighted by Crippen LogP contribution is -2.60. The van der Waals surface area contributed by atoms with Gasteiger partial charge in [-0.15, -0.1) is 0 Å². The van der Waals surface area contributed by atoms with Crippen LogP contribution in [-0.4, -0.2) is 62.7 Å². The monoisotopic (exact) mass is 504 g/mol. The number of nitrogens with zero attached hydrogens (tertiary/aromatic N) is 3. The van der Waals surface area contributed by atoms with Gasteiger partial charge in [0.25, 0.3) is 5.91 Å². The van der Waals surface area contributed by atoms with Crippen LogP contribution in [0, 0.1) is 0 Å². The Morgan fingerprint density at radius 3 is 1.94 bits per heavy atom. The number of hydrogen-bond donors (Lipinski definition) is 1. The third-order valence-electron chi connectivity index (χ3n) is 6.08. The van der Waals surface area contributed by atoms with Gasteiger partial charge in [-0.05, 0) is 49.9 Å². The van der Waals surface area contributed by atoms with Crippen LogP contribution in [0.1, 0.15) is 32.1 Å². The molecule has 2 aromatic carbocycles. The number of amides is 1. The van der Waals surface area contributed by atoms with Crippen molar-refractivity contribution in [3.05, 3.63) is 60.7 Å². The van der Waals surface area contributed by atoms with Gasteiger partial charge >= 0.3 is 0 Å². The molecule has 2 fully saturated rings. The largest absolute Gasteiger partial charge is 0.271 e. The maximum atomic E-state index is 13.4. The van der Waals surface area contributed by atoms with E-state index in [0.717, 1.165) is 46.4 Å². The van der Waals surface area contributed by atoms with Crippen molar-refractivity contribution in [2.75, 3.05) is 19.6 Å². The van der Waals surface area contributed by atoms with Crippen LogP contribution >= 0.6 is 0 Å². The Morgan fingerprint density at radius 1 is 0.794 bits per heavy atom. The molecule has 34 heavy (non-hydrogen) atoms. The van der Waals surface area contributed by atoms with Gasteiger partial charge in [0.2, 0.25) is 20.0 Å². The highest BCUT2D eigenvalue weighted by Gasteiger charge is 2.43. The lowest BCUT2D eigenvalue weighted by molar-refractivity contribution is -0.125. The highest BCUT2D eigenvalue weighted by atomic mass is 32.2. The van der Waals surface area contributed by atoms with Gasteiger partial charge < -0.3 is 0 Å². The van der Waals surface area contributed by atoms with Crippen molar-refractivity contribution >= 4 is 31.7 Å². The lowest BCUT2D eigenvalue weighted by Gasteiger charge is -2.38. The molecule has 11 heteroatoms. The van der Waals surface area contributed by atoms with Crippen molar-refractivity contribution < 1.29 is 21.6 Å². The van der Waals surface area contributed by atoms with Gasteiger partial charge in [0.05, 0.1) is 9.79 Å². The van der Waals surface area contributed by atoms with Crippen LogP contribution in [0.15, 0.2) is 75.6 Å². The normalized spacial score (nSPS) is 20.6. The molecule has 2 aromatic rings. The molecule has 0 bridgehead atoms. The van der Waals surface area contributed by atoms with E-state index < -0.39 is 32.0 Å². The fourth-order valence-electron chi connectivity index (χ4n) is 4.21. The first-order valence-electron chi connectivity index (χ1n) is 11.3. The summed E-state index contributed by atoms with van der Waals surface area (Å²) in [5.74, 6) is -0.648. The topological polar surface area (TPSA) is 116 Å². The first-order chi connectivity index (χ1) is 16.3. The number of benzene rings is 2. The maximum absolute atomic E-state index is 13.4. The number of rotatable bonds is 6. The SMILES string of the molecule is O=C(NN=C1CCCCC1)[C@@H]1CN(S(=O)(=O)c2ccccc2)CCN1S(=O)(=O)c1ccccc1. The Labute approximate surface area is 200 Å². The molecule has 0 radical (unpaired) electrons. The summed E-state index contributed by atoms with van der Waals surface area (Å²) in [7, 11) is -7.93. The summed E-state index contributed by atoms with van der Waals surface area (Å²) in [5.41, 5.74) is 3.37. The molecule has 182 valence electrons. The molecule has 1 saturated heterocycles. The molecule has 4 rings (SSSR count). The fourth-order valence-corrected chi connectivity index (χ4v) is 7.26. The zero-order valence-electron chi connectivity index (χ0n) is 18.7. The van der Waals surface area contributed by atoms with E-state index in [1.54, 1.807) is 36.4 Å². The van der Waals surface area contributed by atoms with Crippen molar-refractivity contribution in [1.82, 2.24) is 14.0 Å². The number of hydrazone groups is 1. The van der Waals surface area contributed by atoms with Crippen LogP contribution in [0.25, 0.3) is 0 Å². The summed E-state index contributed by atoms with van der Waals surface area (Å²) in [5, 5.41) is 4.22.